The fraction of sp³-hybridized carbons (Fsp3) is 0.600. The van der Waals surface area contributed by atoms with Gasteiger partial charge in [-0.2, -0.15) is 0 Å². The van der Waals surface area contributed by atoms with E-state index in [-0.39, 0.29) is 0 Å². The summed E-state index contributed by atoms with van der Waals surface area (Å²) >= 11 is 3.67. The number of benzene rings is 1. The Hall–Kier alpha value is -0.540. The van der Waals surface area contributed by atoms with Crippen molar-refractivity contribution in [3.8, 4) is 5.75 Å². The summed E-state index contributed by atoms with van der Waals surface area (Å²) in [4.78, 5) is 2.43. The summed E-state index contributed by atoms with van der Waals surface area (Å²) in [6.45, 7) is 2.17. The van der Waals surface area contributed by atoms with Crippen LogP contribution in [0.3, 0.4) is 0 Å². The predicted molar refractivity (Wildman–Crippen MR) is 79.4 cm³/mol. The van der Waals surface area contributed by atoms with E-state index in [1.54, 1.807) is 7.11 Å². The second kappa shape index (κ2) is 6.07. The van der Waals surface area contributed by atoms with Crippen molar-refractivity contribution in [2.24, 2.45) is 5.41 Å². The van der Waals surface area contributed by atoms with Crippen molar-refractivity contribution in [2.45, 2.75) is 25.8 Å². The molecule has 0 spiro atoms. The summed E-state index contributed by atoms with van der Waals surface area (Å²) in [5.74, 6) is 0.944. The molecule has 18 heavy (non-hydrogen) atoms. The Morgan fingerprint density at radius 2 is 2.17 bits per heavy atom. The second-order valence-corrected chi connectivity index (χ2v) is 6.07. The topological polar surface area (TPSA) is 12.5 Å². The highest BCUT2D eigenvalue weighted by Crippen LogP contribution is 2.42. The molecule has 3 heteroatoms. The van der Waals surface area contributed by atoms with Crippen LogP contribution in [0.1, 0.15) is 24.8 Å². The van der Waals surface area contributed by atoms with Gasteiger partial charge in [-0.1, -0.05) is 34.5 Å². The summed E-state index contributed by atoms with van der Waals surface area (Å²) in [5, 5.41) is 1.13. The maximum Gasteiger partial charge on any atom is 0.119 e. The minimum Gasteiger partial charge on any atom is -0.497 e. The van der Waals surface area contributed by atoms with Gasteiger partial charge in [-0.15, -0.1) is 0 Å². The number of alkyl halides is 1. The van der Waals surface area contributed by atoms with Gasteiger partial charge in [0.05, 0.1) is 7.11 Å². The molecule has 0 N–H and O–H groups in total. The number of nitrogens with zero attached hydrogens (tertiary/aromatic N) is 1. The van der Waals surface area contributed by atoms with Gasteiger partial charge in [-0.3, -0.25) is 0 Å². The molecule has 1 aliphatic carbocycles. The van der Waals surface area contributed by atoms with Crippen LogP contribution in [0.4, 0.5) is 0 Å². The number of methoxy groups -OCH3 is 1. The van der Waals surface area contributed by atoms with Gasteiger partial charge in [0.1, 0.15) is 5.75 Å². The SMILES string of the molecule is COc1cccc(CN(C)CC2(CBr)CCC2)c1. The zero-order chi connectivity index (χ0) is 13.0. The van der Waals surface area contributed by atoms with E-state index in [9.17, 15) is 0 Å². The van der Waals surface area contributed by atoms with Crippen LogP contribution < -0.4 is 4.74 Å². The molecule has 0 radical (unpaired) electrons. The van der Waals surface area contributed by atoms with E-state index in [1.807, 2.05) is 6.07 Å². The van der Waals surface area contributed by atoms with Crippen molar-refractivity contribution in [3.63, 3.8) is 0 Å². The van der Waals surface area contributed by atoms with Gasteiger partial charge in [-0.05, 0) is 43.0 Å². The largest absolute Gasteiger partial charge is 0.497 e. The lowest BCUT2D eigenvalue weighted by atomic mass is 9.70. The summed E-state index contributed by atoms with van der Waals surface area (Å²) in [6, 6.07) is 8.35. The molecule has 0 aromatic heterocycles. The molecule has 2 nitrogen and oxygen atoms in total. The Morgan fingerprint density at radius 1 is 1.39 bits per heavy atom. The van der Waals surface area contributed by atoms with Crippen LogP contribution in [-0.4, -0.2) is 30.9 Å². The summed E-state index contributed by atoms with van der Waals surface area (Å²) in [5.41, 5.74) is 1.84. The van der Waals surface area contributed by atoms with E-state index in [1.165, 1.54) is 31.4 Å². The second-order valence-electron chi connectivity index (χ2n) is 5.51. The molecule has 1 aromatic carbocycles. The molecule has 0 saturated heterocycles. The van der Waals surface area contributed by atoms with Gasteiger partial charge in [0, 0.05) is 18.4 Å². The molecular formula is C15H22BrNO. The van der Waals surface area contributed by atoms with Crippen LogP contribution in [-0.2, 0) is 6.54 Å². The van der Waals surface area contributed by atoms with Crippen LogP contribution in [0.25, 0.3) is 0 Å². The summed E-state index contributed by atoms with van der Waals surface area (Å²) in [7, 11) is 3.93. The van der Waals surface area contributed by atoms with Crippen molar-refractivity contribution >= 4 is 15.9 Å². The van der Waals surface area contributed by atoms with Gasteiger partial charge >= 0.3 is 0 Å². The van der Waals surface area contributed by atoms with E-state index in [0.29, 0.717) is 5.41 Å². The molecule has 0 unspecified atom stereocenters. The molecule has 1 saturated carbocycles. The Labute approximate surface area is 118 Å². The lowest BCUT2D eigenvalue weighted by molar-refractivity contribution is 0.102. The van der Waals surface area contributed by atoms with Crippen LogP contribution in [0.2, 0.25) is 0 Å². The maximum absolute atomic E-state index is 5.26. The van der Waals surface area contributed by atoms with Crippen LogP contribution in [0.15, 0.2) is 24.3 Å². The van der Waals surface area contributed by atoms with Crippen molar-refractivity contribution < 1.29 is 4.74 Å². The molecule has 1 fully saturated rings. The number of ether oxygens (including phenoxy) is 1. The van der Waals surface area contributed by atoms with Crippen LogP contribution in [0.5, 0.6) is 5.75 Å². The molecular weight excluding hydrogens is 290 g/mol. The number of hydrogen-bond acceptors (Lipinski definition) is 2. The third kappa shape index (κ3) is 3.27. The Balaban J connectivity index is 1.92. The first-order chi connectivity index (χ1) is 8.67. The third-order valence-electron chi connectivity index (χ3n) is 3.89. The third-order valence-corrected chi connectivity index (χ3v) is 5.08. The zero-order valence-electron chi connectivity index (χ0n) is 11.3. The summed E-state index contributed by atoms with van der Waals surface area (Å²) in [6.07, 6.45) is 4.11. The fourth-order valence-corrected chi connectivity index (χ4v) is 3.46. The first kappa shape index (κ1) is 13.9. The zero-order valence-corrected chi connectivity index (χ0v) is 12.9. The molecule has 0 bridgehead atoms. The number of rotatable bonds is 6. The van der Waals surface area contributed by atoms with Crippen molar-refractivity contribution in [1.82, 2.24) is 4.90 Å². The molecule has 1 aromatic rings. The van der Waals surface area contributed by atoms with E-state index in [0.717, 1.165) is 17.6 Å². The Bertz CT molecular complexity index is 384. The lowest BCUT2D eigenvalue weighted by Gasteiger charge is -2.43. The smallest absolute Gasteiger partial charge is 0.119 e. The minimum absolute atomic E-state index is 0.521. The Morgan fingerprint density at radius 3 is 2.72 bits per heavy atom. The van der Waals surface area contributed by atoms with Crippen LogP contribution >= 0.6 is 15.9 Å². The molecule has 0 aliphatic heterocycles. The highest BCUT2D eigenvalue weighted by atomic mass is 79.9. The number of halogens is 1. The van der Waals surface area contributed by atoms with E-state index in [4.69, 9.17) is 4.74 Å². The standard InChI is InChI=1S/C15H22BrNO/c1-17(12-15(11-16)7-4-8-15)10-13-5-3-6-14(9-13)18-2/h3,5-6,9H,4,7-8,10-12H2,1-2H3. The predicted octanol–water partition coefficient (Wildman–Crippen LogP) is 3.69. The van der Waals surface area contributed by atoms with E-state index < -0.39 is 0 Å². The van der Waals surface area contributed by atoms with Gasteiger partial charge in [-0.25, -0.2) is 0 Å². The van der Waals surface area contributed by atoms with Crippen molar-refractivity contribution in [2.75, 3.05) is 26.0 Å². The molecule has 0 amide bonds. The van der Waals surface area contributed by atoms with Gasteiger partial charge in [0.15, 0.2) is 0 Å². The average Bonchev–Trinajstić information content (AvgIpc) is 2.34. The lowest BCUT2D eigenvalue weighted by Crippen LogP contribution is -2.41. The van der Waals surface area contributed by atoms with Gasteiger partial charge < -0.3 is 9.64 Å². The average molecular weight is 312 g/mol. The first-order valence-electron chi connectivity index (χ1n) is 6.55. The molecule has 100 valence electrons. The molecule has 1 aliphatic rings. The van der Waals surface area contributed by atoms with Gasteiger partial charge in [0.25, 0.3) is 0 Å². The van der Waals surface area contributed by atoms with Crippen molar-refractivity contribution in [3.05, 3.63) is 29.8 Å². The fourth-order valence-electron chi connectivity index (χ4n) is 2.72. The normalized spacial score (nSPS) is 17.6. The summed E-state index contributed by atoms with van der Waals surface area (Å²) < 4.78 is 5.26. The quantitative estimate of drug-likeness (QED) is 0.743. The minimum atomic E-state index is 0.521. The molecule has 2 rings (SSSR count). The highest BCUT2D eigenvalue weighted by molar-refractivity contribution is 9.09. The molecule has 0 heterocycles. The van der Waals surface area contributed by atoms with E-state index >= 15 is 0 Å². The molecule has 0 atom stereocenters. The van der Waals surface area contributed by atoms with Gasteiger partial charge in [0.2, 0.25) is 0 Å². The van der Waals surface area contributed by atoms with E-state index in [2.05, 4.69) is 46.1 Å². The van der Waals surface area contributed by atoms with Crippen LogP contribution in [0, 0.1) is 5.41 Å². The Kier molecular flexibility index (Phi) is 4.68. The maximum atomic E-state index is 5.26. The highest BCUT2D eigenvalue weighted by Gasteiger charge is 2.36. The monoisotopic (exact) mass is 311 g/mol. The number of hydrogen-bond donors (Lipinski definition) is 0. The first-order valence-corrected chi connectivity index (χ1v) is 7.67. The van der Waals surface area contributed by atoms with Crippen molar-refractivity contribution in [1.29, 1.82) is 0 Å².